The summed E-state index contributed by atoms with van der Waals surface area (Å²) < 4.78 is 81.5. The molecule has 42 heavy (non-hydrogen) atoms. The Balaban J connectivity index is 1.63. The molecule has 0 saturated carbocycles. The predicted octanol–water partition coefficient (Wildman–Crippen LogP) is 1.93. The van der Waals surface area contributed by atoms with Gasteiger partial charge in [0.2, 0.25) is 0 Å². The molecule has 0 spiro atoms. The molecule has 7 nitrogen and oxygen atoms in total. The van der Waals surface area contributed by atoms with Crippen LogP contribution in [0.3, 0.4) is 0 Å². The normalized spacial score (nSPS) is 22.2. The summed E-state index contributed by atoms with van der Waals surface area (Å²) in [6.07, 6.45) is -3.64. The quantitative estimate of drug-likeness (QED) is 0.0992. The monoisotopic (exact) mass is 737 g/mol. The van der Waals surface area contributed by atoms with Crippen molar-refractivity contribution in [1.82, 2.24) is 14.5 Å². The zero-order chi connectivity index (χ0) is 29.9. The van der Waals surface area contributed by atoms with Crippen LogP contribution in [0.15, 0.2) is 46.6 Å². The van der Waals surface area contributed by atoms with Crippen LogP contribution in [0.4, 0.5) is 27.8 Å². The number of aromatic nitrogens is 2. The molecule has 3 atom stereocenters. The number of rotatable bonds is 5. The fourth-order valence-electron chi connectivity index (χ4n) is 5.60. The predicted molar refractivity (Wildman–Crippen MR) is 147 cm³/mol. The van der Waals surface area contributed by atoms with Gasteiger partial charge in [0.1, 0.15) is 0 Å². The van der Waals surface area contributed by atoms with E-state index in [9.17, 15) is 27.2 Å². The SMILES string of the molecule is C=CC(=O)N1C2CSCC1[I-]N(c1nc(=O)n3c4c(c(-c5ccc(F)cc5F)c(C(F)(F)F)cc14)SC[C@@H]3COC)C2. The van der Waals surface area contributed by atoms with Gasteiger partial charge in [-0.2, -0.15) is 0 Å². The molecule has 0 aliphatic carbocycles. The summed E-state index contributed by atoms with van der Waals surface area (Å²) in [7, 11) is 1.46. The number of carbonyl (C=O) groups excluding carboxylic acids is 1. The number of hydrogen-bond acceptors (Lipinski definition) is 7. The number of hydrogen-bond donors (Lipinski definition) is 0. The van der Waals surface area contributed by atoms with Crippen LogP contribution < -0.4 is 30.3 Å². The first-order valence-electron chi connectivity index (χ1n) is 12.7. The molecule has 3 aromatic rings. The molecular formula is C27H23F5IN4O3S2-. The molecule has 2 aromatic carbocycles. The molecule has 4 heterocycles. The number of benzene rings is 2. The van der Waals surface area contributed by atoms with Crippen LogP contribution in [0.1, 0.15) is 11.6 Å². The number of alkyl halides is 4. The van der Waals surface area contributed by atoms with Gasteiger partial charge in [-0.05, 0) is 0 Å². The molecule has 0 N–H and O–H groups in total. The van der Waals surface area contributed by atoms with E-state index in [1.807, 2.05) is 3.11 Å². The van der Waals surface area contributed by atoms with E-state index in [1.54, 1.807) is 16.7 Å². The van der Waals surface area contributed by atoms with E-state index < -0.39 is 67.7 Å². The molecule has 6 rings (SSSR count). The third-order valence-electron chi connectivity index (χ3n) is 7.32. The Labute approximate surface area is 256 Å². The van der Waals surface area contributed by atoms with E-state index in [4.69, 9.17) is 4.74 Å². The minimum absolute atomic E-state index is 0.0767. The molecule has 2 bridgehead atoms. The van der Waals surface area contributed by atoms with Crippen molar-refractivity contribution < 1.29 is 53.0 Å². The van der Waals surface area contributed by atoms with Crippen LogP contribution in [0.2, 0.25) is 0 Å². The number of methoxy groups -OCH3 is 1. The number of thioether (sulfide) groups is 2. The third kappa shape index (κ3) is 4.99. The first-order valence-corrected chi connectivity index (χ1v) is 17.1. The Morgan fingerprint density at radius 1 is 1.24 bits per heavy atom. The van der Waals surface area contributed by atoms with Crippen molar-refractivity contribution in [2.75, 3.05) is 40.6 Å². The van der Waals surface area contributed by atoms with Crippen molar-refractivity contribution in [3.05, 3.63) is 64.6 Å². The standard InChI is InChI=1S/C27H23F5IN4O3S2/c1-3-21(38)36-14-8-35(33-20(36)12-41-10-14)25-17-7-18(27(30,31)32)22(16-5-4-13(28)6-19(16)29)24-23(17)37(26(39)34-25)15(9-40-2)11-42-24/h3-7,14-15,20H,1,8-12H2,2H3/q-1/t14?,15-,20?/m0/s1. The molecule has 3 aliphatic rings. The minimum atomic E-state index is -4.90. The van der Waals surface area contributed by atoms with Crippen molar-refractivity contribution in [1.29, 1.82) is 0 Å². The van der Waals surface area contributed by atoms with E-state index in [0.717, 1.165) is 30.0 Å². The topological polar surface area (TPSA) is 67.7 Å². The first kappa shape index (κ1) is 29.7. The molecule has 2 fully saturated rings. The van der Waals surface area contributed by atoms with E-state index in [-0.39, 0.29) is 50.0 Å². The summed E-state index contributed by atoms with van der Waals surface area (Å²) in [6, 6.07) is 2.62. The maximum absolute atomic E-state index is 15.1. The van der Waals surface area contributed by atoms with Crippen molar-refractivity contribution in [3.63, 3.8) is 0 Å². The fourth-order valence-corrected chi connectivity index (χ4v) is 12.3. The van der Waals surface area contributed by atoms with Gasteiger partial charge < -0.3 is 0 Å². The second kappa shape index (κ2) is 11.3. The number of ether oxygens (including phenoxy) is 1. The number of anilines is 1. The zero-order valence-corrected chi connectivity index (χ0v) is 25.7. The Morgan fingerprint density at radius 2 is 2.02 bits per heavy atom. The fraction of sp³-hybridized carbons (Fsp3) is 0.370. The second-order valence-electron chi connectivity index (χ2n) is 9.87. The zero-order valence-electron chi connectivity index (χ0n) is 22.0. The number of carbonyl (C=O) groups is 1. The van der Waals surface area contributed by atoms with E-state index in [1.165, 1.54) is 17.8 Å². The average Bonchev–Trinajstić information content (AvgIpc) is 2.93. The first-order chi connectivity index (χ1) is 20.0. The molecular weight excluding hydrogens is 714 g/mol. The molecule has 1 aromatic heterocycles. The summed E-state index contributed by atoms with van der Waals surface area (Å²) in [5, 5.41) is 0.116. The van der Waals surface area contributed by atoms with Crippen molar-refractivity contribution in [2.45, 2.75) is 27.2 Å². The van der Waals surface area contributed by atoms with Crippen molar-refractivity contribution in [2.24, 2.45) is 0 Å². The molecule has 2 unspecified atom stereocenters. The number of halogens is 6. The molecule has 2 saturated heterocycles. The summed E-state index contributed by atoms with van der Waals surface area (Å²) in [5.41, 5.74) is -2.40. The van der Waals surface area contributed by atoms with Crippen LogP contribution >= 0.6 is 23.5 Å². The number of nitrogens with zero attached hydrogens (tertiary/aromatic N) is 4. The molecule has 1 amide bonds. The summed E-state index contributed by atoms with van der Waals surface area (Å²) in [6.45, 7) is 4.02. The Bertz CT molecular complexity index is 1660. The number of fused-ring (bicyclic) bond motifs is 2. The van der Waals surface area contributed by atoms with Gasteiger partial charge in [0.15, 0.2) is 0 Å². The third-order valence-corrected chi connectivity index (χ3v) is 13.5. The van der Waals surface area contributed by atoms with E-state index >= 15 is 4.39 Å². The van der Waals surface area contributed by atoms with Gasteiger partial charge in [-0.15, -0.1) is 0 Å². The van der Waals surface area contributed by atoms with Crippen molar-refractivity contribution in [3.8, 4) is 11.1 Å². The van der Waals surface area contributed by atoms with Crippen LogP contribution in [0.5, 0.6) is 0 Å². The molecule has 224 valence electrons. The molecule has 15 heteroatoms. The maximum atomic E-state index is 15.1. The summed E-state index contributed by atoms with van der Waals surface area (Å²) >= 11 is 1.77. The van der Waals surface area contributed by atoms with Gasteiger partial charge in [0.25, 0.3) is 0 Å². The number of amides is 1. The van der Waals surface area contributed by atoms with Crippen LogP contribution in [-0.4, -0.2) is 68.0 Å². The van der Waals surface area contributed by atoms with E-state index in [2.05, 4.69) is 11.6 Å². The van der Waals surface area contributed by atoms with Crippen LogP contribution in [0, 0.1) is 11.6 Å². The Hall–Kier alpha value is -2.37. The summed E-state index contributed by atoms with van der Waals surface area (Å²) in [5.74, 6) is -0.653. The van der Waals surface area contributed by atoms with Gasteiger partial charge in [-0.1, -0.05) is 0 Å². The van der Waals surface area contributed by atoms with E-state index in [0.29, 0.717) is 24.1 Å². The molecule has 3 aliphatic heterocycles. The molecule has 0 radical (unpaired) electrons. The van der Waals surface area contributed by atoms with Crippen LogP contribution in [-0.2, 0) is 15.7 Å². The van der Waals surface area contributed by atoms with Gasteiger partial charge in [0, 0.05) is 0 Å². The van der Waals surface area contributed by atoms with Crippen molar-refractivity contribution >= 4 is 46.2 Å². The summed E-state index contributed by atoms with van der Waals surface area (Å²) in [4.78, 5) is 32.5. The van der Waals surface area contributed by atoms with Crippen LogP contribution in [0.25, 0.3) is 22.0 Å². The Morgan fingerprint density at radius 3 is 2.69 bits per heavy atom. The van der Waals surface area contributed by atoms with Gasteiger partial charge in [0.05, 0.1) is 0 Å². The Kier molecular flexibility index (Phi) is 7.98. The second-order valence-corrected chi connectivity index (χ2v) is 15.1. The van der Waals surface area contributed by atoms with Gasteiger partial charge in [-0.25, -0.2) is 0 Å². The average molecular weight is 738 g/mol. The van der Waals surface area contributed by atoms with Gasteiger partial charge in [-0.3, -0.25) is 0 Å². The van der Waals surface area contributed by atoms with Gasteiger partial charge >= 0.3 is 257 Å².